The van der Waals surface area contributed by atoms with Crippen LogP contribution in [-0.4, -0.2) is 37.2 Å². The van der Waals surface area contributed by atoms with Gasteiger partial charge in [0.2, 0.25) is 0 Å². The molecule has 0 aromatic carbocycles. The molecule has 1 unspecified atom stereocenters. The Balaban J connectivity index is 4.21. The lowest BCUT2D eigenvalue weighted by Gasteiger charge is -2.18. The van der Waals surface area contributed by atoms with Crippen molar-refractivity contribution < 1.29 is 28.6 Å². The van der Waals surface area contributed by atoms with Crippen LogP contribution >= 0.6 is 0 Å². The number of esters is 3. The maximum atomic E-state index is 12.7. The fourth-order valence-corrected chi connectivity index (χ4v) is 6.70. The minimum Gasteiger partial charge on any atom is -0.462 e. The highest BCUT2D eigenvalue weighted by molar-refractivity contribution is 5.71. The van der Waals surface area contributed by atoms with E-state index < -0.39 is 6.10 Å². The summed E-state index contributed by atoms with van der Waals surface area (Å²) in [5.74, 6) is -0.940. The normalized spacial score (nSPS) is 12.7. The first kappa shape index (κ1) is 56.9. The number of hydrogen-bond donors (Lipinski definition) is 0. The molecule has 0 bridgehead atoms. The molecule has 0 aromatic heterocycles. The van der Waals surface area contributed by atoms with Crippen LogP contribution in [0, 0.1) is 0 Å². The first-order valence-corrected chi connectivity index (χ1v) is 24.9. The molecule has 0 N–H and O–H groups in total. The highest BCUT2D eigenvalue weighted by Gasteiger charge is 2.19. The third-order valence-corrected chi connectivity index (χ3v) is 10.4. The summed E-state index contributed by atoms with van der Waals surface area (Å²) in [4.78, 5) is 37.6. The second-order valence-corrected chi connectivity index (χ2v) is 16.3. The van der Waals surface area contributed by atoms with Crippen molar-refractivity contribution in [1.82, 2.24) is 0 Å². The lowest BCUT2D eigenvalue weighted by molar-refractivity contribution is -0.167. The van der Waals surface area contributed by atoms with Crippen molar-refractivity contribution in [3.8, 4) is 0 Å². The number of allylic oxidation sites excluding steroid dienone is 12. The molecule has 0 rings (SSSR count). The molecule has 0 spiro atoms. The number of carbonyl (C=O) groups excluding carboxylic acids is 3. The predicted molar refractivity (Wildman–Crippen MR) is 256 cm³/mol. The van der Waals surface area contributed by atoms with Gasteiger partial charge in [-0.1, -0.05) is 196 Å². The molecular weight excluding hydrogens is 745 g/mol. The Morgan fingerprint density at radius 3 is 1.03 bits per heavy atom. The largest absolute Gasteiger partial charge is 0.462 e. The number of ether oxygens (including phenoxy) is 3. The minimum absolute atomic E-state index is 0.0904. The molecule has 0 heterocycles. The summed E-state index contributed by atoms with van der Waals surface area (Å²) in [5.41, 5.74) is 0. The van der Waals surface area contributed by atoms with Gasteiger partial charge in [-0.25, -0.2) is 0 Å². The van der Waals surface area contributed by atoms with Crippen LogP contribution in [0.5, 0.6) is 0 Å². The zero-order valence-corrected chi connectivity index (χ0v) is 39.2. The number of unbranched alkanes of at least 4 members (excludes halogenated alkanes) is 21. The standard InChI is InChI=1S/C54H92O6/c1-4-7-10-13-16-18-20-22-23-24-25-26-27-28-29-30-31-33-34-36-38-41-44-47-53(56)59-50-51(49-58-52(55)46-43-40-15-12-9-6-3)60-54(57)48-45-42-39-37-35-32-21-19-17-14-11-8-5-2/h8,11,17,19-20,22,24-25,27-28,32,35,51H,4-7,9-10,12-16,18,21,23,26,29-31,33-34,36-50H2,1-3H3/b11-8-,19-17-,22-20-,25-24-,28-27-,35-32-. The molecule has 0 saturated heterocycles. The van der Waals surface area contributed by atoms with Gasteiger partial charge < -0.3 is 14.2 Å². The van der Waals surface area contributed by atoms with Crippen LogP contribution in [0.25, 0.3) is 0 Å². The summed E-state index contributed by atoms with van der Waals surface area (Å²) >= 11 is 0. The molecule has 60 heavy (non-hydrogen) atoms. The van der Waals surface area contributed by atoms with E-state index in [1.165, 1.54) is 89.9 Å². The topological polar surface area (TPSA) is 78.9 Å². The summed E-state index contributed by atoms with van der Waals surface area (Å²) < 4.78 is 16.6. The molecule has 0 aliphatic rings. The Hall–Kier alpha value is -3.15. The van der Waals surface area contributed by atoms with Gasteiger partial charge in [-0.05, 0) is 89.9 Å². The lowest BCUT2D eigenvalue weighted by Crippen LogP contribution is -2.30. The molecule has 0 radical (unpaired) electrons. The quantitative estimate of drug-likeness (QED) is 0.0263. The second-order valence-electron chi connectivity index (χ2n) is 16.3. The van der Waals surface area contributed by atoms with Crippen LogP contribution in [0.3, 0.4) is 0 Å². The van der Waals surface area contributed by atoms with E-state index in [0.717, 1.165) is 103 Å². The smallest absolute Gasteiger partial charge is 0.306 e. The first-order valence-electron chi connectivity index (χ1n) is 24.9. The minimum atomic E-state index is -0.789. The number of carbonyl (C=O) groups is 3. The first-order chi connectivity index (χ1) is 29.5. The SMILES string of the molecule is CC/C=C\C/C=C\C/C=C\CCCCCC(=O)OC(COC(=O)CCCCCCCC)COC(=O)CCCCCCCCCC/C=C\C/C=C\C/C=C\CCCCCCC. The Kier molecular flexibility index (Phi) is 46.0. The van der Waals surface area contributed by atoms with Crippen molar-refractivity contribution in [3.63, 3.8) is 0 Å². The summed E-state index contributed by atoms with van der Waals surface area (Å²) in [7, 11) is 0. The average Bonchev–Trinajstić information content (AvgIpc) is 3.24. The fraction of sp³-hybridized carbons (Fsp3) is 0.722. The van der Waals surface area contributed by atoms with Gasteiger partial charge in [0.15, 0.2) is 6.10 Å². The average molecular weight is 837 g/mol. The third kappa shape index (κ3) is 45.9. The van der Waals surface area contributed by atoms with E-state index in [0.29, 0.717) is 19.3 Å². The highest BCUT2D eigenvalue weighted by atomic mass is 16.6. The van der Waals surface area contributed by atoms with Gasteiger partial charge in [-0.2, -0.15) is 0 Å². The highest BCUT2D eigenvalue weighted by Crippen LogP contribution is 2.13. The van der Waals surface area contributed by atoms with Gasteiger partial charge in [-0.3, -0.25) is 14.4 Å². The molecular formula is C54H92O6. The third-order valence-electron chi connectivity index (χ3n) is 10.4. The molecule has 6 nitrogen and oxygen atoms in total. The molecule has 0 saturated carbocycles. The van der Waals surface area contributed by atoms with Crippen LogP contribution in [0.1, 0.15) is 233 Å². The van der Waals surface area contributed by atoms with E-state index in [2.05, 4.69) is 93.7 Å². The van der Waals surface area contributed by atoms with Gasteiger partial charge >= 0.3 is 17.9 Å². The van der Waals surface area contributed by atoms with Gasteiger partial charge in [-0.15, -0.1) is 0 Å². The Labute approximate surface area is 370 Å². The van der Waals surface area contributed by atoms with Crippen LogP contribution in [-0.2, 0) is 28.6 Å². The predicted octanol–water partition coefficient (Wildman–Crippen LogP) is 16.3. The van der Waals surface area contributed by atoms with Gasteiger partial charge in [0.05, 0.1) is 0 Å². The van der Waals surface area contributed by atoms with Crippen molar-refractivity contribution in [2.45, 2.75) is 239 Å². The maximum Gasteiger partial charge on any atom is 0.306 e. The molecule has 6 heteroatoms. The summed E-state index contributed by atoms with van der Waals surface area (Å²) in [6.45, 7) is 6.41. The molecule has 0 aliphatic heterocycles. The van der Waals surface area contributed by atoms with Crippen molar-refractivity contribution in [2.75, 3.05) is 13.2 Å². The van der Waals surface area contributed by atoms with Crippen molar-refractivity contribution in [3.05, 3.63) is 72.9 Å². The monoisotopic (exact) mass is 837 g/mol. The molecule has 0 fully saturated rings. The fourth-order valence-electron chi connectivity index (χ4n) is 6.70. The van der Waals surface area contributed by atoms with E-state index in [9.17, 15) is 14.4 Å². The van der Waals surface area contributed by atoms with Crippen molar-refractivity contribution in [1.29, 1.82) is 0 Å². The Bertz CT molecular complexity index is 1140. The van der Waals surface area contributed by atoms with Crippen LogP contribution < -0.4 is 0 Å². The molecule has 0 amide bonds. The van der Waals surface area contributed by atoms with E-state index in [1.54, 1.807) is 0 Å². The van der Waals surface area contributed by atoms with Gasteiger partial charge in [0.25, 0.3) is 0 Å². The van der Waals surface area contributed by atoms with Gasteiger partial charge in [0, 0.05) is 19.3 Å². The molecule has 0 aromatic rings. The van der Waals surface area contributed by atoms with E-state index in [4.69, 9.17) is 14.2 Å². The zero-order chi connectivity index (χ0) is 43.7. The number of rotatable bonds is 44. The molecule has 344 valence electrons. The van der Waals surface area contributed by atoms with Crippen LogP contribution in [0.4, 0.5) is 0 Å². The van der Waals surface area contributed by atoms with E-state index >= 15 is 0 Å². The van der Waals surface area contributed by atoms with E-state index in [-0.39, 0.29) is 31.1 Å². The Morgan fingerprint density at radius 2 is 0.650 bits per heavy atom. The lowest BCUT2D eigenvalue weighted by atomic mass is 10.1. The van der Waals surface area contributed by atoms with Crippen molar-refractivity contribution in [2.24, 2.45) is 0 Å². The van der Waals surface area contributed by atoms with Crippen LogP contribution in [0.15, 0.2) is 72.9 Å². The van der Waals surface area contributed by atoms with Crippen LogP contribution in [0.2, 0.25) is 0 Å². The summed E-state index contributed by atoms with van der Waals surface area (Å²) in [5, 5.41) is 0. The molecule has 0 aliphatic carbocycles. The van der Waals surface area contributed by atoms with Gasteiger partial charge in [0.1, 0.15) is 13.2 Å². The summed E-state index contributed by atoms with van der Waals surface area (Å²) in [6, 6.07) is 0. The Morgan fingerprint density at radius 1 is 0.350 bits per heavy atom. The zero-order valence-electron chi connectivity index (χ0n) is 39.2. The summed E-state index contributed by atoms with van der Waals surface area (Å²) in [6.07, 6.45) is 60.6. The van der Waals surface area contributed by atoms with Crippen molar-refractivity contribution >= 4 is 17.9 Å². The number of hydrogen-bond acceptors (Lipinski definition) is 6. The molecule has 1 atom stereocenters. The second kappa shape index (κ2) is 48.5. The van der Waals surface area contributed by atoms with E-state index in [1.807, 2.05) is 0 Å². The maximum absolute atomic E-state index is 12.7.